The van der Waals surface area contributed by atoms with E-state index in [0.717, 1.165) is 25.0 Å². The molecule has 0 aliphatic carbocycles. The second-order valence-corrected chi connectivity index (χ2v) is 8.15. The third kappa shape index (κ3) is 2.95. The Morgan fingerprint density at radius 2 is 1.70 bits per heavy atom. The van der Waals surface area contributed by atoms with E-state index in [0.29, 0.717) is 22.0 Å². The highest BCUT2D eigenvalue weighted by Crippen LogP contribution is 2.47. The molecule has 0 aromatic heterocycles. The molecule has 0 saturated heterocycles. The fraction of sp³-hybridized carbons (Fsp3) is 0.529. The van der Waals surface area contributed by atoms with Crippen LogP contribution in [0.25, 0.3) is 4.91 Å². The first-order valence-corrected chi connectivity index (χ1v) is 9.86. The molecule has 0 bridgehead atoms. The fourth-order valence-electron chi connectivity index (χ4n) is 3.47. The number of nitrogens with zero attached hydrogens (tertiary/aromatic N) is 1. The van der Waals surface area contributed by atoms with Crippen molar-refractivity contribution in [2.75, 3.05) is 20.1 Å². The molecule has 0 spiro atoms. The Morgan fingerprint density at radius 3 is 2.17 bits per heavy atom. The zero-order chi connectivity index (χ0) is 17.3. The summed E-state index contributed by atoms with van der Waals surface area (Å²) in [6.45, 7) is 7.48. The highest BCUT2D eigenvalue weighted by molar-refractivity contribution is 7.98. The monoisotopic (exact) mass is 356 g/mol. The van der Waals surface area contributed by atoms with Crippen molar-refractivity contribution >= 4 is 26.5 Å². The number of nitrogens with one attached hydrogen (secondary N) is 1. The lowest BCUT2D eigenvalue weighted by Crippen LogP contribution is -2.46. The van der Waals surface area contributed by atoms with Gasteiger partial charge in [-0.3, -0.25) is 0 Å². The molecular formula is C17H25ClN2O2S. The third-order valence-electron chi connectivity index (χ3n) is 4.89. The van der Waals surface area contributed by atoms with Crippen LogP contribution in [0.3, 0.4) is 0 Å². The van der Waals surface area contributed by atoms with Gasteiger partial charge in [0.05, 0.1) is 10.4 Å². The minimum absolute atomic E-state index is 0.432. The van der Waals surface area contributed by atoms with E-state index in [-0.39, 0.29) is 0 Å². The van der Waals surface area contributed by atoms with Gasteiger partial charge in [-0.2, -0.15) is 4.31 Å². The molecular weight excluding hydrogens is 332 g/mol. The average Bonchev–Trinajstić information content (AvgIpc) is 2.71. The molecule has 1 aromatic carbocycles. The molecule has 0 fully saturated rings. The summed E-state index contributed by atoms with van der Waals surface area (Å²) < 4.78 is 27.7. The number of halogens is 1. The highest BCUT2D eigenvalue weighted by Gasteiger charge is 2.51. The zero-order valence-electron chi connectivity index (χ0n) is 14.2. The van der Waals surface area contributed by atoms with Crippen LogP contribution in [0.1, 0.15) is 39.2 Å². The van der Waals surface area contributed by atoms with Gasteiger partial charge in [0.1, 0.15) is 0 Å². The maximum absolute atomic E-state index is 13.1. The quantitative estimate of drug-likeness (QED) is 0.848. The molecule has 1 aliphatic heterocycles. The number of rotatable bonds is 6. The van der Waals surface area contributed by atoms with Crippen molar-refractivity contribution in [3.63, 3.8) is 0 Å². The van der Waals surface area contributed by atoms with Crippen molar-refractivity contribution in [3.8, 4) is 0 Å². The van der Waals surface area contributed by atoms with Gasteiger partial charge in [-0.05, 0) is 42.7 Å². The van der Waals surface area contributed by atoms with Crippen LogP contribution in [0.2, 0.25) is 5.02 Å². The van der Waals surface area contributed by atoms with Crippen LogP contribution in [0.5, 0.6) is 0 Å². The van der Waals surface area contributed by atoms with E-state index in [1.807, 2.05) is 20.8 Å². The van der Waals surface area contributed by atoms with Gasteiger partial charge < -0.3 is 5.32 Å². The van der Waals surface area contributed by atoms with Gasteiger partial charge in [-0.25, -0.2) is 8.42 Å². The maximum Gasteiger partial charge on any atom is 0.244 e. The molecule has 1 aromatic rings. The van der Waals surface area contributed by atoms with Crippen molar-refractivity contribution in [1.82, 2.24) is 9.62 Å². The van der Waals surface area contributed by atoms with Gasteiger partial charge >= 0.3 is 0 Å². The first kappa shape index (κ1) is 18.5. The third-order valence-corrected chi connectivity index (χ3v) is 7.21. The lowest BCUT2D eigenvalue weighted by molar-refractivity contribution is 0.252. The molecule has 0 unspecified atom stereocenters. The molecule has 1 aliphatic rings. The molecule has 23 heavy (non-hydrogen) atoms. The Kier molecular flexibility index (Phi) is 5.56. The number of benzene rings is 1. The Bertz CT molecular complexity index is 692. The summed E-state index contributed by atoms with van der Waals surface area (Å²) >= 11 is 5.96. The van der Waals surface area contributed by atoms with E-state index < -0.39 is 15.6 Å². The summed E-state index contributed by atoms with van der Waals surface area (Å²) in [5, 5.41) is 3.91. The van der Waals surface area contributed by atoms with Gasteiger partial charge in [0.15, 0.2) is 0 Å². The van der Waals surface area contributed by atoms with Gasteiger partial charge in [0.25, 0.3) is 0 Å². The van der Waals surface area contributed by atoms with Crippen LogP contribution in [0.15, 0.2) is 29.8 Å². The highest BCUT2D eigenvalue weighted by atomic mass is 35.5. The van der Waals surface area contributed by atoms with Crippen molar-refractivity contribution < 1.29 is 8.42 Å². The summed E-state index contributed by atoms with van der Waals surface area (Å²) in [7, 11) is -1.82. The van der Waals surface area contributed by atoms with E-state index in [2.05, 4.69) is 5.32 Å². The summed E-state index contributed by atoms with van der Waals surface area (Å²) in [5.74, 6) is 0. The number of hydrogen-bond donors (Lipinski definition) is 1. The minimum atomic E-state index is -3.51. The molecule has 0 saturated carbocycles. The molecule has 4 nitrogen and oxygen atoms in total. The molecule has 0 amide bonds. The lowest BCUT2D eigenvalue weighted by Gasteiger charge is -2.35. The first-order valence-electron chi connectivity index (χ1n) is 8.04. The minimum Gasteiger partial charge on any atom is -0.313 e. The van der Waals surface area contributed by atoms with Crippen molar-refractivity contribution in [2.24, 2.45) is 0 Å². The number of sulfonamides is 1. The molecule has 1 N–H and O–H groups in total. The van der Waals surface area contributed by atoms with Gasteiger partial charge in [-0.15, -0.1) is 0 Å². The molecule has 6 heteroatoms. The fourth-order valence-corrected chi connectivity index (χ4v) is 5.70. The molecule has 2 rings (SSSR count). The summed E-state index contributed by atoms with van der Waals surface area (Å²) in [5.41, 5.74) is 1.20. The molecule has 0 atom stereocenters. The first-order chi connectivity index (χ1) is 10.8. The predicted octanol–water partition coefficient (Wildman–Crippen LogP) is 3.49. The van der Waals surface area contributed by atoms with Crippen LogP contribution in [0.4, 0.5) is 0 Å². The van der Waals surface area contributed by atoms with Crippen LogP contribution in [-0.2, 0) is 10.0 Å². The molecule has 0 radical (unpaired) electrons. The second kappa shape index (κ2) is 6.93. The van der Waals surface area contributed by atoms with E-state index in [1.165, 1.54) is 0 Å². The predicted molar refractivity (Wildman–Crippen MR) is 96.9 cm³/mol. The molecule has 128 valence electrons. The van der Waals surface area contributed by atoms with Crippen molar-refractivity contribution in [1.29, 1.82) is 0 Å². The smallest absolute Gasteiger partial charge is 0.244 e. The summed E-state index contributed by atoms with van der Waals surface area (Å²) in [6.07, 6.45) is 1.49. The largest absolute Gasteiger partial charge is 0.313 e. The summed E-state index contributed by atoms with van der Waals surface area (Å²) in [6, 6.07) is 7.05. The van der Waals surface area contributed by atoms with Crippen LogP contribution < -0.4 is 5.32 Å². The van der Waals surface area contributed by atoms with E-state index >= 15 is 0 Å². The average molecular weight is 357 g/mol. The Hall–Kier alpha value is -0.880. The molecule has 1 heterocycles. The Morgan fingerprint density at radius 1 is 1.13 bits per heavy atom. The van der Waals surface area contributed by atoms with Gasteiger partial charge in [0, 0.05) is 18.6 Å². The Balaban J connectivity index is 2.73. The van der Waals surface area contributed by atoms with Crippen LogP contribution in [0, 0.1) is 0 Å². The van der Waals surface area contributed by atoms with Crippen molar-refractivity contribution in [3.05, 3.63) is 40.4 Å². The number of likely N-dealkylation sites (N-methyl/N-ethyl adjacent to an activating group) is 2. The van der Waals surface area contributed by atoms with Crippen molar-refractivity contribution in [2.45, 2.75) is 39.2 Å². The Labute approximate surface area is 144 Å². The van der Waals surface area contributed by atoms with Gasteiger partial charge in [0.2, 0.25) is 10.0 Å². The van der Waals surface area contributed by atoms with E-state index in [4.69, 9.17) is 11.6 Å². The standard InChI is InChI=1S/C17H25ClN2O2S/c1-5-17(6-2)15(12-19-7-3)16(23(21,22)20(17)4)13-8-10-14(18)11-9-13/h8-11,19H,5-7,12H2,1-4H3. The van der Waals surface area contributed by atoms with E-state index in [9.17, 15) is 8.42 Å². The maximum atomic E-state index is 13.1. The zero-order valence-corrected chi connectivity index (χ0v) is 15.8. The van der Waals surface area contributed by atoms with Crippen LogP contribution >= 0.6 is 11.6 Å². The SMILES string of the molecule is CCNCC1=C(c2ccc(Cl)cc2)S(=O)(=O)N(C)C1(CC)CC. The lowest BCUT2D eigenvalue weighted by atomic mass is 9.83. The normalized spacial score (nSPS) is 20.2. The topological polar surface area (TPSA) is 49.4 Å². The van der Waals surface area contributed by atoms with Crippen LogP contribution in [-0.4, -0.2) is 38.4 Å². The summed E-state index contributed by atoms with van der Waals surface area (Å²) in [4.78, 5) is 0.432. The number of hydrogen-bond acceptors (Lipinski definition) is 3. The van der Waals surface area contributed by atoms with E-state index in [1.54, 1.807) is 35.6 Å². The second-order valence-electron chi connectivity index (χ2n) is 5.81. The van der Waals surface area contributed by atoms with Gasteiger partial charge in [-0.1, -0.05) is 44.5 Å².